The monoisotopic (exact) mass is 476 g/mol. The third-order valence-electron chi connectivity index (χ3n) is 4.98. The molecular weight excluding hydrogens is 440 g/mol. The maximum atomic E-state index is 12.2. The van der Waals surface area contributed by atoms with Crippen molar-refractivity contribution < 1.29 is 22.7 Å². The SMILES string of the molecule is CCOc1ccc(N(CCCC(=O)NCCOc2ccccc2C(C)(C)C)S(C)(=O)=O)cc1. The highest BCUT2D eigenvalue weighted by molar-refractivity contribution is 7.92. The van der Waals surface area contributed by atoms with Crippen molar-refractivity contribution in [2.75, 3.05) is 36.9 Å². The Labute approximate surface area is 198 Å². The van der Waals surface area contributed by atoms with Gasteiger partial charge in [0.2, 0.25) is 15.9 Å². The van der Waals surface area contributed by atoms with Crippen LogP contribution in [0, 0.1) is 0 Å². The lowest BCUT2D eigenvalue weighted by molar-refractivity contribution is -0.121. The summed E-state index contributed by atoms with van der Waals surface area (Å²) in [5.74, 6) is 1.36. The normalized spacial score (nSPS) is 11.7. The second-order valence-electron chi connectivity index (χ2n) is 8.81. The molecule has 33 heavy (non-hydrogen) atoms. The molecule has 0 heterocycles. The van der Waals surface area contributed by atoms with Crippen LogP contribution < -0.4 is 19.1 Å². The highest BCUT2D eigenvalue weighted by Gasteiger charge is 2.19. The highest BCUT2D eigenvalue weighted by atomic mass is 32.2. The molecule has 0 aliphatic rings. The first-order valence-corrected chi connectivity index (χ1v) is 13.1. The molecule has 2 aromatic carbocycles. The van der Waals surface area contributed by atoms with E-state index in [4.69, 9.17) is 9.47 Å². The smallest absolute Gasteiger partial charge is 0.232 e. The van der Waals surface area contributed by atoms with Gasteiger partial charge in [-0.25, -0.2) is 8.42 Å². The van der Waals surface area contributed by atoms with Gasteiger partial charge in [0.1, 0.15) is 18.1 Å². The number of para-hydroxylation sites is 1. The lowest BCUT2D eigenvalue weighted by atomic mass is 9.86. The van der Waals surface area contributed by atoms with Crippen LogP contribution in [0.2, 0.25) is 0 Å². The van der Waals surface area contributed by atoms with Crippen molar-refractivity contribution in [1.82, 2.24) is 5.32 Å². The fraction of sp³-hybridized carbons (Fsp3) is 0.480. The van der Waals surface area contributed by atoms with Crippen molar-refractivity contribution in [3.05, 3.63) is 54.1 Å². The molecule has 0 saturated carbocycles. The van der Waals surface area contributed by atoms with Crippen LogP contribution in [0.15, 0.2) is 48.5 Å². The Morgan fingerprint density at radius 1 is 1.03 bits per heavy atom. The van der Waals surface area contributed by atoms with Crippen LogP contribution in [0.1, 0.15) is 46.1 Å². The molecule has 0 unspecified atom stereocenters. The third kappa shape index (κ3) is 8.61. The zero-order chi connectivity index (χ0) is 24.5. The van der Waals surface area contributed by atoms with Crippen LogP contribution in [0.4, 0.5) is 5.69 Å². The summed E-state index contributed by atoms with van der Waals surface area (Å²) in [6.45, 7) is 9.78. The summed E-state index contributed by atoms with van der Waals surface area (Å²) in [6.07, 6.45) is 1.79. The zero-order valence-electron chi connectivity index (χ0n) is 20.3. The summed E-state index contributed by atoms with van der Waals surface area (Å²) in [7, 11) is -3.47. The van der Waals surface area contributed by atoms with Gasteiger partial charge in [-0.2, -0.15) is 0 Å². The maximum Gasteiger partial charge on any atom is 0.232 e. The fourth-order valence-corrected chi connectivity index (χ4v) is 4.36. The molecule has 2 rings (SSSR count). The quantitative estimate of drug-likeness (QED) is 0.466. The zero-order valence-corrected chi connectivity index (χ0v) is 21.1. The van der Waals surface area contributed by atoms with Crippen molar-refractivity contribution >= 4 is 21.6 Å². The first-order valence-electron chi connectivity index (χ1n) is 11.2. The lowest BCUT2D eigenvalue weighted by Gasteiger charge is -2.23. The molecule has 0 bridgehead atoms. The van der Waals surface area contributed by atoms with E-state index >= 15 is 0 Å². The summed E-state index contributed by atoms with van der Waals surface area (Å²) < 4.78 is 37.1. The van der Waals surface area contributed by atoms with Crippen molar-refractivity contribution in [1.29, 1.82) is 0 Å². The molecule has 1 amide bonds. The van der Waals surface area contributed by atoms with Gasteiger partial charge in [0.05, 0.1) is 25.1 Å². The van der Waals surface area contributed by atoms with E-state index in [0.717, 1.165) is 17.6 Å². The minimum atomic E-state index is -3.47. The van der Waals surface area contributed by atoms with Crippen LogP contribution >= 0.6 is 0 Å². The van der Waals surface area contributed by atoms with Crippen molar-refractivity contribution in [2.45, 2.75) is 46.0 Å². The largest absolute Gasteiger partial charge is 0.494 e. The summed E-state index contributed by atoms with van der Waals surface area (Å²) in [5, 5.41) is 2.84. The number of carbonyl (C=O) groups is 1. The first-order chi connectivity index (χ1) is 15.5. The summed E-state index contributed by atoms with van der Waals surface area (Å²) in [6, 6.07) is 14.8. The molecule has 0 aliphatic heterocycles. The average Bonchev–Trinajstić information content (AvgIpc) is 2.74. The molecule has 2 aromatic rings. The molecule has 8 heteroatoms. The predicted molar refractivity (Wildman–Crippen MR) is 133 cm³/mol. The topological polar surface area (TPSA) is 84.9 Å². The Morgan fingerprint density at radius 3 is 2.30 bits per heavy atom. The van der Waals surface area contributed by atoms with Gasteiger partial charge >= 0.3 is 0 Å². The molecule has 0 aromatic heterocycles. The molecule has 182 valence electrons. The Morgan fingerprint density at radius 2 is 1.70 bits per heavy atom. The van der Waals surface area contributed by atoms with E-state index in [9.17, 15) is 13.2 Å². The second kappa shape index (κ2) is 11.9. The Balaban J connectivity index is 1.80. The minimum Gasteiger partial charge on any atom is -0.494 e. The molecule has 0 radical (unpaired) electrons. The lowest BCUT2D eigenvalue weighted by Crippen LogP contribution is -2.33. The number of rotatable bonds is 12. The molecule has 0 atom stereocenters. The number of nitrogens with one attached hydrogen (secondary N) is 1. The van der Waals surface area contributed by atoms with Gasteiger partial charge in [0.25, 0.3) is 0 Å². The molecular formula is C25H36N2O5S. The number of nitrogens with zero attached hydrogens (tertiary/aromatic N) is 1. The highest BCUT2D eigenvalue weighted by Crippen LogP contribution is 2.30. The number of benzene rings is 2. The van der Waals surface area contributed by atoms with Crippen LogP contribution in [0.5, 0.6) is 11.5 Å². The second-order valence-corrected chi connectivity index (χ2v) is 10.7. The van der Waals surface area contributed by atoms with Crippen molar-refractivity contribution in [3.63, 3.8) is 0 Å². The van der Waals surface area contributed by atoms with Crippen molar-refractivity contribution in [2.24, 2.45) is 0 Å². The van der Waals surface area contributed by atoms with Gasteiger partial charge in [-0.3, -0.25) is 9.10 Å². The van der Waals surface area contributed by atoms with Crippen LogP contribution in [-0.2, 0) is 20.2 Å². The van der Waals surface area contributed by atoms with Crippen LogP contribution in [0.25, 0.3) is 0 Å². The maximum absolute atomic E-state index is 12.2. The van der Waals surface area contributed by atoms with Crippen molar-refractivity contribution in [3.8, 4) is 11.5 Å². The van der Waals surface area contributed by atoms with Gasteiger partial charge in [-0.1, -0.05) is 39.0 Å². The average molecular weight is 477 g/mol. The fourth-order valence-electron chi connectivity index (χ4n) is 3.40. The number of anilines is 1. The molecule has 0 fully saturated rings. The van der Waals surface area contributed by atoms with Crippen LogP contribution in [-0.4, -0.2) is 46.9 Å². The number of amides is 1. The molecule has 0 spiro atoms. The van der Waals surface area contributed by atoms with Gasteiger partial charge in [0.15, 0.2) is 0 Å². The number of hydrogen-bond acceptors (Lipinski definition) is 5. The van der Waals surface area contributed by atoms with E-state index in [1.165, 1.54) is 4.31 Å². The number of carbonyl (C=O) groups excluding carboxylic acids is 1. The summed E-state index contributed by atoms with van der Waals surface area (Å²) in [4.78, 5) is 12.2. The Bertz CT molecular complexity index is 998. The molecule has 0 aliphatic carbocycles. The van der Waals surface area contributed by atoms with Gasteiger partial charge in [0, 0.05) is 13.0 Å². The number of ether oxygens (including phenoxy) is 2. The molecule has 1 N–H and O–H groups in total. The predicted octanol–water partition coefficient (Wildman–Crippen LogP) is 4.12. The van der Waals surface area contributed by atoms with E-state index in [1.807, 2.05) is 31.2 Å². The summed E-state index contributed by atoms with van der Waals surface area (Å²) >= 11 is 0. The van der Waals surface area contributed by atoms with E-state index < -0.39 is 10.0 Å². The van der Waals surface area contributed by atoms with E-state index in [1.54, 1.807) is 24.3 Å². The number of sulfonamides is 1. The third-order valence-corrected chi connectivity index (χ3v) is 6.17. The standard InChI is InChI=1S/C25H36N2O5S/c1-6-31-21-15-13-20(14-16-21)27(33(5,29)30)18-9-12-24(28)26-17-19-32-23-11-8-7-10-22(23)25(2,3)4/h7-8,10-11,13-16H,6,9,12,17-19H2,1-5H3,(H,26,28). The molecule has 0 saturated heterocycles. The molecule has 7 nitrogen and oxygen atoms in total. The van der Waals surface area contributed by atoms with E-state index in [2.05, 4.69) is 26.1 Å². The van der Waals surface area contributed by atoms with E-state index in [0.29, 0.717) is 37.6 Å². The Kier molecular flexibility index (Phi) is 9.58. The first kappa shape index (κ1) is 26.5. The number of hydrogen-bond donors (Lipinski definition) is 1. The van der Waals surface area contributed by atoms with E-state index in [-0.39, 0.29) is 24.3 Å². The Hall–Kier alpha value is -2.74. The van der Waals surface area contributed by atoms with Gasteiger partial charge in [-0.15, -0.1) is 0 Å². The summed E-state index contributed by atoms with van der Waals surface area (Å²) in [5.41, 5.74) is 1.63. The van der Waals surface area contributed by atoms with Gasteiger partial charge in [-0.05, 0) is 54.7 Å². The van der Waals surface area contributed by atoms with Crippen LogP contribution in [0.3, 0.4) is 0 Å². The van der Waals surface area contributed by atoms with Gasteiger partial charge < -0.3 is 14.8 Å². The minimum absolute atomic E-state index is 0.0331.